The molecule has 10 amide bonds. The molecule has 1 aliphatic heterocycles. The molecule has 1 heterocycles. The van der Waals surface area contributed by atoms with E-state index in [1.807, 2.05) is 60.5 Å². The number of unbranched alkanes of at least 4 members (excludes halogenated alkanes) is 7. The number of likely N-dealkylation sites (tertiary alicyclic amines) is 1. The lowest BCUT2D eigenvalue weighted by atomic mass is 9.96. The standard InChI is InChI=1S/C59H109N11O10/c1-17-19-21-22-23-25-28-42(62-53(77)46-29-26-35-70(46)48(72)30-24-20-18-2)49(73)63-44(37-40(5)6)51(75)66-58(11,12)55(79)65-43(36-39(3)4)50(74)64-45(38-41(7)8)52(76)67-59(13,14)56(80)68-57(9,10)54(78)61-33-31-47(71)60-32-27-34-69(15)16/h39-46H,17-38H2,1-16H3,(H,60,71)(H,61,78)(H,62,77)(H,63,73)(H,64,74)(H,65,79)(H,66,75)(H,67,76)(H,68,80)/t42?,43?,44?,45?,46-/m0/s1. The Morgan fingerprint density at radius 1 is 0.500 bits per heavy atom. The molecule has 5 atom stereocenters. The van der Waals surface area contributed by atoms with E-state index in [-0.39, 0.29) is 61.8 Å². The largest absolute Gasteiger partial charge is 0.356 e. The molecule has 4 unspecified atom stereocenters. The van der Waals surface area contributed by atoms with Crippen molar-refractivity contribution in [1.82, 2.24) is 57.7 Å². The first kappa shape index (κ1) is 72.7. The Morgan fingerprint density at radius 2 is 0.975 bits per heavy atom. The lowest BCUT2D eigenvalue weighted by Crippen LogP contribution is -2.65. The van der Waals surface area contributed by atoms with Crippen LogP contribution in [0.1, 0.15) is 213 Å². The Bertz CT molecular complexity index is 2010. The van der Waals surface area contributed by atoms with Gasteiger partial charge in [0.2, 0.25) is 59.1 Å². The van der Waals surface area contributed by atoms with Gasteiger partial charge in [0.05, 0.1) is 0 Å². The predicted octanol–water partition coefficient (Wildman–Crippen LogP) is 4.64. The molecule has 0 spiro atoms. The number of carbonyl (C=O) groups is 10. The summed E-state index contributed by atoms with van der Waals surface area (Å²) in [6.45, 7) is 26.2. The monoisotopic (exact) mass is 1130 g/mol. The van der Waals surface area contributed by atoms with Crippen LogP contribution in [0.25, 0.3) is 0 Å². The minimum atomic E-state index is -1.62. The van der Waals surface area contributed by atoms with Crippen molar-refractivity contribution in [1.29, 1.82) is 0 Å². The minimum absolute atomic E-state index is 0.0472. The highest BCUT2D eigenvalue weighted by Gasteiger charge is 2.41. The molecule has 0 bridgehead atoms. The average Bonchev–Trinajstić information content (AvgIpc) is 3.85. The summed E-state index contributed by atoms with van der Waals surface area (Å²) < 4.78 is 0. The number of amides is 10. The van der Waals surface area contributed by atoms with Crippen LogP contribution in [0.15, 0.2) is 0 Å². The summed E-state index contributed by atoms with van der Waals surface area (Å²) in [5.74, 6) is -5.41. The maximum absolute atomic E-state index is 14.3. The van der Waals surface area contributed by atoms with Crippen LogP contribution in [-0.2, 0) is 47.9 Å². The van der Waals surface area contributed by atoms with Crippen molar-refractivity contribution in [2.75, 3.05) is 40.3 Å². The fourth-order valence-electron chi connectivity index (χ4n) is 9.29. The topological polar surface area (TPSA) is 285 Å². The van der Waals surface area contributed by atoms with Gasteiger partial charge in [0, 0.05) is 32.5 Å². The number of hydrogen-bond acceptors (Lipinski definition) is 11. The molecule has 21 nitrogen and oxygen atoms in total. The van der Waals surface area contributed by atoms with Gasteiger partial charge < -0.3 is 57.7 Å². The number of nitrogens with zero attached hydrogens (tertiary/aromatic N) is 2. The third kappa shape index (κ3) is 27.9. The van der Waals surface area contributed by atoms with Crippen LogP contribution >= 0.6 is 0 Å². The molecular formula is C59H109N11O10. The van der Waals surface area contributed by atoms with E-state index in [9.17, 15) is 47.9 Å². The van der Waals surface area contributed by atoms with Gasteiger partial charge in [0.1, 0.15) is 46.8 Å². The van der Waals surface area contributed by atoms with Gasteiger partial charge in [-0.25, -0.2) is 0 Å². The molecule has 80 heavy (non-hydrogen) atoms. The zero-order valence-electron chi connectivity index (χ0n) is 52.2. The van der Waals surface area contributed by atoms with Crippen LogP contribution < -0.4 is 47.9 Å². The molecule has 1 saturated heterocycles. The molecule has 0 aromatic rings. The molecule has 0 saturated carbocycles. The number of carbonyl (C=O) groups excluding carboxylic acids is 10. The van der Waals surface area contributed by atoms with Crippen LogP contribution in [0, 0.1) is 17.8 Å². The smallest absolute Gasteiger partial charge is 0.246 e. The van der Waals surface area contributed by atoms with Gasteiger partial charge in [-0.2, -0.15) is 0 Å². The Kier molecular flexibility index (Phi) is 32.9. The van der Waals surface area contributed by atoms with E-state index in [1.54, 1.807) is 4.90 Å². The summed E-state index contributed by atoms with van der Waals surface area (Å²) in [5.41, 5.74) is -4.63. The first-order valence-corrected chi connectivity index (χ1v) is 30.0. The summed E-state index contributed by atoms with van der Waals surface area (Å²) in [6, 6.07) is -5.08. The molecule has 460 valence electrons. The quantitative estimate of drug-likeness (QED) is 0.0382. The fourth-order valence-corrected chi connectivity index (χ4v) is 9.29. The zero-order chi connectivity index (χ0) is 61.0. The van der Waals surface area contributed by atoms with E-state index in [0.29, 0.717) is 45.2 Å². The van der Waals surface area contributed by atoms with Gasteiger partial charge in [0.25, 0.3) is 0 Å². The predicted molar refractivity (Wildman–Crippen MR) is 313 cm³/mol. The highest BCUT2D eigenvalue weighted by atomic mass is 16.2. The van der Waals surface area contributed by atoms with E-state index in [2.05, 4.69) is 61.7 Å². The van der Waals surface area contributed by atoms with Crippen molar-refractivity contribution in [3.05, 3.63) is 0 Å². The maximum Gasteiger partial charge on any atom is 0.246 e. The second-order valence-electron chi connectivity index (χ2n) is 25.2. The van der Waals surface area contributed by atoms with Crippen molar-refractivity contribution in [3.8, 4) is 0 Å². The van der Waals surface area contributed by atoms with E-state index in [0.717, 1.165) is 64.3 Å². The molecule has 1 aliphatic rings. The summed E-state index contributed by atoms with van der Waals surface area (Å²) in [6.07, 6.45) is 11.6. The van der Waals surface area contributed by atoms with Crippen molar-refractivity contribution in [2.24, 2.45) is 17.8 Å². The number of nitrogens with one attached hydrogen (secondary N) is 9. The lowest BCUT2D eigenvalue weighted by Gasteiger charge is -2.34. The summed E-state index contributed by atoms with van der Waals surface area (Å²) >= 11 is 0. The Balaban J connectivity index is 3.23. The van der Waals surface area contributed by atoms with Gasteiger partial charge in [0.15, 0.2) is 0 Å². The van der Waals surface area contributed by atoms with Crippen LogP contribution in [0.5, 0.6) is 0 Å². The third-order valence-corrected chi connectivity index (χ3v) is 14.1. The second kappa shape index (κ2) is 36.2. The van der Waals surface area contributed by atoms with Crippen LogP contribution in [0.3, 0.4) is 0 Å². The van der Waals surface area contributed by atoms with E-state index in [1.165, 1.54) is 41.5 Å². The lowest BCUT2D eigenvalue weighted by molar-refractivity contribution is -0.140. The number of rotatable bonds is 39. The Hall–Kier alpha value is -5.34. The van der Waals surface area contributed by atoms with E-state index < -0.39 is 94.1 Å². The summed E-state index contributed by atoms with van der Waals surface area (Å²) in [5, 5.41) is 25.2. The van der Waals surface area contributed by atoms with Crippen molar-refractivity contribution in [3.63, 3.8) is 0 Å². The molecule has 21 heteroatoms. The van der Waals surface area contributed by atoms with Gasteiger partial charge >= 0.3 is 0 Å². The van der Waals surface area contributed by atoms with Gasteiger partial charge in [-0.3, -0.25) is 47.9 Å². The van der Waals surface area contributed by atoms with Crippen molar-refractivity contribution in [2.45, 2.75) is 259 Å². The molecule has 9 N–H and O–H groups in total. The first-order chi connectivity index (χ1) is 37.3. The van der Waals surface area contributed by atoms with Crippen LogP contribution in [-0.4, -0.2) is 156 Å². The van der Waals surface area contributed by atoms with Gasteiger partial charge in [-0.15, -0.1) is 0 Å². The van der Waals surface area contributed by atoms with Crippen LogP contribution in [0.4, 0.5) is 0 Å². The Labute approximate surface area is 480 Å². The summed E-state index contributed by atoms with van der Waals surface area (Å²) in [7, 11) is 3.89. The maximum atomic E-state index is 14.3. The fraction of sp³-hybridized carbons (Fsp3) is 0.831. The molecule has 0 aliphatic carbocycles. The molecular weight excluding hydrogens is 1020 g/mol. The highest BCUT2D eigenvalue weighted by Crippen LogP contribution is 2.21. The second-order valence-corrected chi connectivity index (χ2v) is 25.2. The van der Waals surface area contributed by atoms with Crippen LogP contribution in [0.2, 0.25) is 0 Å². The van der Waals surface area contributed by atoms with Crippen molar-refractivity contribution < 1.29 is 47.9 Å². The number of hydrogen-bond donors (Lipinski definition) is 9. The molecule has 0 aromatic heterocycles. The van der Waals surface area contributed by atoms with Crippen molar-refractivity contribution >= 4 is 59.1 Å². The van der Waals surface area contributed by atoms with Gasteiger partial charge in [-0.1, -0.05) is 107 Å². The molecule has 0 radical (unpaired) electrons. The summed E-state index contributed by atoms with van der Waals surface area (Å²) in [4.78, 5) is 141. The average molecular weight is 1130 g/mol. The normalized spacial score (nSPS) is 15.4. The van der Waals surface area contributed by atoms with E-state index in [4.69, 9.17) is 0 Å². The zero-order valence-corrected chi connectivity index (χ0v) is 52.2. The van der Waals surface area contributed by atoms with E-state index >= 15 is 0 Å². The molecule has 0 aromatic carbocycles. The minimum Gasteiger partial charge on any atom is -0.356 e. The first-order valence-electron chi connectivity index (χ1n) is 30.0. The highest BCUT2D eigenvalue weighted by molar-refractivity contribution is 6.00. The Morgan fingerprint density at radius 3 is 1.50 bits per heavy atom. The SMILES string of the molecule is CCCCCCCCC(NC(=O)[C@@H]1CCCN1C(=O)CCCCC)C(=O)NC(CC(C)C)C(=O)NC(C)(C)C(=O)NC(CC(C)C)C(=O)NC(CC(C)C)C(=O)NC(C)(C)C(=O)NC(C)(C)C(=O)NCCC(=O)NCCCN(C)C. The molecule has 1 rings (SSSR count). The van der Waals surface area contributed by atoms with Gasteiger partial charge in [-0.05, 0) is 131 Å². The third-order valence-electron chi connectivity index (χ3n) is 14.1. The molecule has 1 fully saturated rings.